The molecule has 0 amide bonds. The molecule has 0 aromatic rings. The highest BCUT2D eigenvalue weighted by molar-refractivity contribution is 4.99. The van der Waals surface area contributed by atoms with Gasteiger partial charge in [0.2, 0.25) is 0 Å². The largest absolute Gasteiger partial charge is 0.395 e. The highest BCUT2D eigenvalue weighted by Gasteiger charge is 2.46. The van der Waals surface area contributed by atoms with E-state index in [1.54, 1.807) is 7.11 Å². The topological polar surface area (TPSA) is 32.7 Å². The molecular weight excluding hydrogens is 178 g/mol. The number of rotatable bonds is 4. The first-order valence-electron chi connectivity index (χ1n) is 5.63. The third-order valence-corrected chi connectivity index (χ3v) is 3.83. The maximum Gasteiger partial charge on any atom is 0.0640 e. The average Bonchev–Trinajstić information content (AvgIpc) is 2.60. The number of methoxy groups -OCH3 is 1. The van der Waals surface area contributed by atoms with Crippen LogP contribution in [0, 0.1) is 5.41 Å². The van der Waals surface area contributed by atoms with Crippen molar-refractivity contribution in [2.75, 3.05) is 33.4 Å². The molecule has 2 rings (SSSR count). The van der Waals surface area contributed by atoms with Gasteiger partial charge in [-0.2, -0.15) is 0 Å². The second-order valence-corrected chi connectivity index (χ2v) is 4.90. The van der Waals surface area contributed by atoms with Crippen LogP contribution >= 0.6 is 0 Å². The monoisotopic (exact) mass is 199 g/mol. The summed E-state index contributed by atoms with van der Waals surface area (Å²) in [4.78, 5) is 2.37. The van der Waals surface area contributed by atoms with Crippen LogP contribution in [-0.2, 0) is 4.74 Å². The highest BCUT2D eigenvalue weighted by Crippen LogP contribution is 2.45. The van der Waals surface area contributed by atoms with E-state index in [0.29, 0.717) is 12.0 Å². The lowest BCUT2D eigenvalue weighted by Gasteiger charge is -2.51. The minimum absolute atomic E-state index is 0.226. The maximum absolute atomic E-state index is 9.20. The third-order valence-electron chi connectivity index (χ3n) is 3.83. The molecule has 3 nitrogen and oxygen atoms in total. The Labute approximate surface area is 86.0 Å². The minimum atomic E-state index is 0.226. The zero-order valence-electron chi connectivity index (χ0n) is 9.04. The molecule has 1 aliphatic carbocycles. The van der Waals surface area contributed by atoms with E-state index < -0.39 is 0 Å². The van der Waals surface area contributed by atoms with Crippen molar-refractivity contribution >= 4 is 0 Å². The minimum Gasteiger partial charge on any atom is -0.395 e. The molecular formula is C11H21NO2. The molecule has 2 fully saturated rings. The van der Waals surface area contributed by atoms with Crippen LogP contribution in [0.3, 0.4) is 0 Å². The van der Waals surface area contributed by atoms with Crippen LogP contribution in [0.4, 0.5) is 0 Å². The van der Waals surface area contributed by atoms with Gasteiger partial charge in [0.05, 0.1) is 19.3 Å². The lowest BCUT2D eigenvalue weighted by atomic mass is 9.77. The van der Waals surface area contributed by atoms with Gasteiger partial charge < -0.3 is 9.84 Å². The quantitative estimate of drug-likeness (QED) is 0.729. The van der Waals surface area contributed by atoms with E-state index in [1.807, 2.05) is 0 Å². The third kappa shape index (κ3) is 1.81. The summed E-state index contributed by atoms with van der Waals surface area (Å²) in [6.45, 7) is 3.25. The predicted octanol–water partition coefficient (Wildman–Crippen LogP) is 0.870. The van der Waals surface area contributed by atoms with Crippen molar-refractivity contribution in [2.45, 2.75) is 31.7 Å². The van der Waals surface area contributed by atoms with Gasteiger partial charge in [0.15, 0.2) is 0 Å². The number of hydrogen-bond acceptors (Lipinski definition) is 3. The smallest absolute Gasteiger partial charge is 0.0640 e. The molecule has 82 valence electrons. The Balaban J connectivity index is 1.79. The van der Waals surface area contributed by atoms with Crippen molar-refractivity contribution in [3.8, 4) is 0 Å². The summed E-state index contributed by atoms with van der Waals surface area (Å²) >= 11 is 0. The van der Waals surface area contributed by atoms with E-state index >= 15 is 0 Å². The van der Waals surface area contributed by atoms with Crippen LogP contribution in [0.15, 0.2) is 0 Å². The number of hydrogen-bond donors (Lipinski definition) is 1. The SMILES string of the molecule is COCC(CO)N1CC2(CCCC2)C1. The van der Waals surface area contributed by atoms with Crippen LogP contribution in [0.1, 0.15) is 25.7 Å². The van der Waals surface area contributed by atoms with E-state index in [1.165, 1.54) is 38.8 Å². The Kier molecular flexibility index (Phi) is 3.10. The lowest BCUT2D eigenvalue weighted by molar-refractivity contribution is -0.0626. The van der Waals surface area contributed by atoms with Crippen molar-refractivity contribution in [1.29, 1.82) is 0 Å². The number of likely N-dealkylation sites (tertiary alicyclic amines) is 1. The molecule has 1 atom stereocenters. The van der Waals surface area contributed by atoms with Gasteiger partial charge in [0.25, 0.3) is 0 Å². The summed E-state index contributed by atoms with van der Waals surface area (Å²) < 4.78 is 5.10. The summed E-state index contributed by atoms with van der Waals surface area (Å²) in [7, 11) is 1.70. The zero-order chi connectivity index (χ0) is 10.0. The fourth-order valence-corrected chi connectivity index (χ4v) is 2.98. The first-order valence-corrected chi connectivity index (χ1v) is 5.63. The molecule has 1 N–H and O–H groups in total. The number of aliphatic hydroxyl groups is 1. The highest BCUT2D eigenvalue weighted by atomic mass is 16.5. The van der Waals surface area contributed by atoms with Gasteiger partial charge in [-0.3, -0.25) is 4.90 Å². The fourth-order valence-electron chi connectivity index (χ4n) is 2.98. The molecule has 1 saturated heterocycles. The van der Waals surface area contributed by atoms with Gasteiger partial charge in [-0.15, -0.1) is 0 Å². The first-order chi connectivity index (χ1) is 6.79. The van der Waals surface area contributed by atoms with Gasteiger partial charge in [-0.25, -0.2) is 0 Å². The molecule has 0 bridgehead atoms. The van der Waals surface area contributed by atoms with Gasteiger partial charge in [-0.05, 0) is 18.3 Å². The molecule has 0 radical (unpaired) electrons. The Morgan fingerprint density at radius 1 is 1.36 bits per heavy atom. The Bertz CT molecular complexity index is 182. The van der Waals surface area contributed by atoms with Gasteiger partial charge in [0, 0.05) is 20.2 Å². The standard InChI is InChI=1S/C11H21NO2/c1-14-7-10(6-13)12-8-11(9-12)4-2-3-5-11/h10,13H,2-9H2,1H3. The summed E-state index contributed by atoms with van der Waals surface area (Å²) in [5.41, 5.74) is 0.626. The maximum atomic E-state index is 9.20. The van der Waals surface area contributed by atoms with Crippen LogP contribution in [-0.4, -0.2) is 49.5 Å². The van der Waals surface area contributed by atoms with Crippen molar-refractivity contribution < 1.29 is 9.84 Å². The molecule has 3 heteroatoms. The molecule has 1 spiro atoms. The van der Waals surface area contributed by atoms with Crippen LogP contribution in [0.25, 0.3) is 0 Å². The number of aliphatic hydroxyl groups excluding tert-OH is 1. The van der Waals surface area contributed by atoms with Gasteiger partial charge in [0.1, 0.15) is 0 Å². The summed E-state index contributed by atoms with van der Waals surface area (Å²) in [6, 6.07) is 0.228. The van der Waals surface area contributed by atoms with Crippen molar-refractivity contribution in [3.63, 3.8) is 0 Å². The first kappa shape index (κ1) is 10.4. The predicted molar refractivity (Wildman–Crippen MR) is 55.2 cm³/mol. The second-order valence-electron chi connectivity index (χ2n) is 4.90. The molecule has 1 aliphatic heterocycles. The molecule has 0 aromatic carbocycles. The Morgan fingerprint density at radius 2 is 2.00 bits per heavy atom. The van der Waals surface area contributed by atoms with Crippen LogP contribution in [0.2, 0.25) is 0 Å². The summed E-state index contributed by atoms with van der Waals surface area (Å²) in [5, 5.41) is 9.20. The molecule has 1 unspecified atom stereocenters. The van der Waals surface area contributed by atoms with Gasteiger partial charge >= 0.3 is 0 Å². The van der Waals surface area contributed by atoms with E-state index in [2.05, 4.69) is 4.90 Å². The van der Waals surface area contributed by atoms with Crippen LogP contribution < -0.4 is 0 Å². The van der Waals surface area contributed by atoms with Crippen molar-refractivity contribution in [1.82, 2.24) is 4.90 Å². The Morgan fingerprint density at radius 3 is 2.50 bits per heavy atom. The van der Waals surface area contributed by atoms with E-state index in [0.717, 1.165) is 0 Å². The molecule has 2 aliphatic rings. The van der Waals surface area contributed by atoms with Gasteiger partial charge in [-0.1, -0.05) is 12.8 Å². The van der Waals surface area contributed by atoms with Crippen molar-refractivity contribution in [3.05, 3.63) is 0 Å². The average molecular weight is 199 g/mol. The van der Waals surface area contributed by atoms with E-state index in [4.69, 9.17) is 4.74 Å². The van der Waals surface area contributed by atoms with Crippen molar-refractivity contribution in [2.24, 2.45) is 5.41 Å². The molecule has 1 saturated carbocycles. The summed E-state index contributed by atoms with van der Waals surface area (Å²) in [5.74, 6) is 0. The molecule has 1 heterocycles. The summed E-state index contributed by atoms with van der Waals surface area (Å²) in [6.07, 6.45) is 5.60. The normalized spacial score (nSPS) is 27.9. The number of nitrogens with zero attached hydrogens (tertiary/aromatic N) is 1. The van der Waals surface area contributed by atoms with Crippen LogP contribution in [0.5, 0.6) is 0 Å². The zero-order valence-corrected chi connectivity index (χ0v) is 9.04. The molecule has 14 heavy (non-hydrogen) atoms. The van der Waals surface area contributed by atoms with E-state index in [-0.39, 0.29) is 12.6 Å². The lowest BCUT2D eigenvalue weighted by Crippen LogP contribution is -2.60. The fraction of sp³-hybridized carbons (Fsp3) is 1.00. The Hall–Kier alpha value is -0.120. The van der Waals surface area contributed by atoms with E-state index in [9.17, 15) is 5.11 Å². The number of ether oxygens (including phenoxy) is 1. The second kappa shape index (κ2) is 4.17. The molecule has 0 aromatic heterocycles.